The van der Waals surface area contributed by atoms with Crippen LogP contribution in [0.25, 0.3) is 11.3 Å². The lowest BCUT2D eigenvalue weighted by Gasteiger charge is -2.13. The van der Waals surface area contributed by atoms with Crippen LogP contribution in [0.15, 0.2) is 35.1 Å². The Kier molecular flexibility index (Phi) is 4.30. The molecule has 1 aromatic carbocycles. The van der Waals surface area contributed by atoms with Gasteiger partial charge in [0.05, 0.1) is 15.7 Å². The number of nitrogens with two attached hydrogens (primary N) is 1. The third kappa shape index (κ3) is 2.68. The summed E-state index contributed by atoms with van der Waals surface area (Å²) in [5, 5.41) is 0.964. The van der Waals surface area contributed by atoms with Crippen LogP contribution in [0.1, 0.15) is 12.5 Å². The zero-order chi connectivity index (χ0) is 14.0. The van der Waals surface area contributed by atoms with E-state index in [1.807, 2.05) is 19.1 Å². The Morgan fingerprint density at radius 1 is 1.16 bits per heavy atom. The van der Waals surface area contributed by atoms with E-state index in [0.29, 0.717) is 22.2 Å². The molecular weight excluding hydrogens is 283 g/mol. The number of halogens is 2. The van der Waals surface area contributed by atoms with Gasteiger partial charge in [-0.15, -0.1) is 0 Å². The van der Waals surface area contributed by atoms with Crippen LogP contribution in [0.3, 0.4) is 0 Å². The van der Waals surface area contributed by atoms with Gasteiger partial charge in [-0.1, -0.05) is 35.3 Å². The zero-order valence-electron chi connectivity index (χ0n) is 10.5. The second-order valence-corrected chi connectivity index (χ2v) is 4.94. The molecule has 3 nitrogen and oxygen atoms in total. The Morgan fingerprint density at radius 3 is 2.47 bits per heavy atom. The van der Waals surface area contributed by atoms with Crippen molar-refractivity contribution in [1.29, 1.82) is 0 Å². The van der Waals surface area contributed by atoms with Crippen LogP contribution in [-0.2, 0) is 13.1 Å². The van der Waals surface area contributed by atoms with E-state index in [4.69, 9.17) is 28.9 Å². The highest BCUT2D eigenvalue weighted by atomic mass is 35.5. The van der Waals surface area contributed by atoms with Gasteiger partial charge in [-0.05, 0) is 30.7 Å². The summed E-state index contributed by atoms with van der Waals surface area (Å²) in [6.45, 7) is 2.73. The minimum atomic E-state index is -0.0615. The lowest BCUT2D eigenvalue weighted by atomic mass is 10.1. The van der Waals surface area contributed by atoms with E-state index in [9.17, 15) is 4.79 Å². The lowest BCUT2D eigenvalue weighted by molar-refractivity contribution is 0.723. The molecule has 0 atom stereocenters. The largest absolute Gasteiger partial charge is 0.326 e. The van der Waals surface area contributed by atoms with Gasteiger partial charge < -0.3 is 10.3 Å². The summed E-state index contributed by atoms with van der Waals surface area (Å²) in [4.78, 5) is 12.2. The van der Waals surface area contributed by atoms with Crippen molar-refractivity contribution in [2.45, 2.75) is 20.0 Å². The van der Waals surface area contributed by atoms with Gasteiger partial charge in [-0.2, -0.15) is 0 Å². The van der Waals surface area contributed by atoms with Crippen molar-refractivity contribution in [1.82, 2.24) is 4.57 Å². The molecule has 0 unspecified atom stereocenters. The molecule has 0 aliphatic rings. The van der Waals surface area contributed by atoms with Crippen molar-refractivity contribution >= 4 is 23.2 Å². The van der Waals surface area contributed by atoms with Crippen LogP contribution < -0.4 is 11.3 Å². The Labute approximate surface area is 121 Å². The maximum Gasteiger partial charge on any atom is 0.255 e. The van der Waals surface area contributed by atoms with Gasteiger partial charge in [0.25, 0.3) is 5.56 Å². The summed E-state index contributed by atoms with van der Waals surface area (Å²) in [6, 6.07) is 8.96. The first-order valence-electron chi connectivity index (χ1n) is 5.96. The van der Waals surface area contributed by atoms with Gasteiger partial charge in [-0.25, -0.2) is 0 Å². The molecule has 0 saturated carbocycles. The molecule has 0 amide bonds. The standard InChI is InChI=1S/C14H14Cl2N2O/c1-2-18-13(6-4-10(8-17)14(18)19)9-3-5-11(15)12(16)7-9/h3-7H,2,8,17H2,1H3. The normalized spacial score (nSPS) is 10.7. The molecule has 5 heteroatoms. The van der Waals surface area contributed by atoms with Crippen LogP contribution >= 0.6 is 23.2 Å². The lowest BCUT2D eigenvalue weighted by Crippen LogP contribution is -2.25. The Balaban J connectivity index is 2.65. The fourth-order valence-corrected chi connectivity index (χ4v) is 2.30. The Bertz CT molecular complexity index is 665. The molecular formula is C14H14Cl2N2O. The van der Waals surface area contributed by atoms with Crippen LogP contribution in [-0.4, -0.2) is 4.57 Å². The molecule has 0 saturated heterocycles. The summed E-state index contributed by atoms with van der Waals surface area (Å²) >= 11 is 11.9. The molecule has 0 spiro atoms. The summed E-state index contributed by atoms with van der Waals surface area (Å²) in [5.41, 5.74) is 7.76. The summed E-state index contributed by atoms with van der Waals surface area (Å²) in [5.74, 6) is 0. The minimum absolute atomic E-state index is 0.0615. The van der Waals surface area contributed by atoms with Gasteiger partial charge in [-0.3, -0.25) is 4.79 Å². The molecule has 0 fully saturated rings. The third-order valence-corrected chi connectivity index (χ3v) is 3.74. The average Bonchev–Trinajstić information content (AvgIpc) is 2.41. The summed E-state index contributed by atoms with van der Waals surface area (Å²) < 4.78 is 1.68. The minimum Gasteiger partial charge on any atom is -0.326 e. The zero-order valence-corrected chi connectivity index (χ0v) is 12.0. The monoisotopic (exact) mass is 296 g/mol. The topological polar surface area (TPSA) is 48.0 Å². The number of hydrogen-bond donors (Lipinski definition) is 1. The van der Waals surface area contributed by atoms with E-state index >= 15 is 0 Å². The van der Waals surface area contributed by atoms with E-state index in [-0.39, 0.29) is 12.1 Å². The first kappa shape index (κ1) is 14.1. The number of rotatable bonds is 3. The van der Waals surface area contributed by atoms with Crippen molar-refractivity contribution < 1.29 is 0 Å². The molecule has 100 valence electrons. The predicted octanol–water partition coefficient (Wildman–Crippen LogP) is 3.30. The third-order valence-electron chi connectivity index (χ3n) is 3.00. The second kappa shape index (κ2) is 5.78. The highest BCUT2D eigenvalue weighted by Gasteiger charge is 2.09. The van der Waals surface area contributed by atoms with Crippen LogP contribution in [0, 0.1) is 0 Å². The molecule has 0 radical (unpaired) electrons. The molecule has 19 heavy (non-hydrogen) atoms. The van der Waals surface area contributed by atoms with E-state index in [1.54, 1.807) is 22.8 Å². The molecule has 0 bridgehead atoms. The van der Waals surface area contributed by atoms with Crippen molar-refractivity contribution in [3.8, 4) is 11.3 Å². The molecule has 0 aliphatic heterocycles. The Morgan fingerprint density at radius 2 is 1.89 bits per heavy atom. The molecule has 1 aromatic heterocycles. The maximum atomic E-state index is 12.2. The van der Waals surface area contributed by atoms with Crippen molar-refractivity contribution in [3.63, 3.8) is 0 Å². The molecule has 0 aliphatic carbocycles. The van der Waals surface area contributed by atoms with Crippen LogP contribution in [0.4, 0.5) is 0 Å². The first-order chi connectivity index (χ1) is 9.08. The quantitative estimate of drug-likeness (QED) is 0.945. The number of hydrogen-bond acceptors (Lipinski definition) is 2. The fraction of sp³-hybridized carbons (Fsp3) is 0.214. The summed E-state index contributed by atoms with van der Waals surface area (Å²) in [7, 11) is 0. The molecule has 2 aromatic rings. The highest BCUT2D eigenvalue weighted by Crippen LogP contribution is 2.28. The van der Waals surface area contributed by atoms with Crippen LogP contribution in [0.5, 0.6) is 0 Å². The van der Waals surface area contributed by atoms with Crippen LogP contribution in [0.2, 0.25) is 10.0 Å². The van der Waals surface area contributed by atoms with E-state index in [1.165, 1.54) is 0 Å². The molecule has 2 N–H and O–H groups in total. The smallest absolute Gasteiger partial charge is 0.255 e. The first-order valence-corrected chi connectivity index (χ1v) is 6.72. The van der Waals surface area contributed by atoms with E-state index in [0.717, 1.165) is 11.3 Å². The average molecular weight is 297 g/mol. The van der Waals surface area contributed by atoms with Crippen molar-refractivity contribution in [2.75, 3.05) is 0 Å². The van der Waals surface area contributed by atoms with Gasteiger partial charge in [0.15, 0.2) is 0 Å². The van der Waals surface area contributed by atoms with Crippen molar-refractivity contribution in [2.24, 2.45) is 5.73 Å². The Hall–Kier alpha value is -1.29. The van der Waals surface area contributed by atoms with Crippen molar-refractivity contribution in [3.05, 3.63) is 56.3 Å². The van der Waals surface area contributed by atoms with E-state index < -0.39 is 0 Å². The highest BCUT2D eigenvalue weighted by molar-refractivity contribution is 6.42. The number of aromatic nitrogens is 1. The maximum absolute atomic E-state index is 12.2. The van der Waals surface area contributed by atoms with Gasteiger partial charge in [0, 0.05) is 18.7 Å². The van der Waals surface area contributed by atoms with Gasteiger partial charge >= 0.3 is 0 Å². The summed E-state index contributed by atoms with van der Waals surface area (Å²) in [6.07, 6.45) is 0. The van der Waals surface area contributed by atoms with E-state index in [2.05, 4.69) is 0 Å². The number of pyridine rings is 1. The fourth-order valence-electron chi connectivity index (χ4n) is 2.00. The second-order valence-electron chi connectivity index (χ2n) is 4.13. The predicted molar refractivity (Wildman–Crippen MR) is 79.7 cm³/mol. The molecule has 1 heterocycles. The number of benzene rings is 1. The number of nitrogens with zero attached hydrogens (tertiary/aromatic N) is 1. The van der Waals surface area contributed by atoms with Gasteiger partial charge in [0.2, 0.25) is 0 Å². The molecule has 2 rings (SSSR count). The van der Waals surface area contributed by atoms with Gasteiger partial charge in [0.1, 0.15) is 0 Å². The SMILES string of the molecule is CCn1c(-c2ccc(Cl)c(Cl)c2)ccc(CN)c1=O.